The average molecular weight is 311 g/mol. The predicted molar refractivity (Wildman–Crippen MR) is 83.3 cm³/mol. The van der Waals surface area contributed by atoms with Gasteiger partial charge in [-0.15, -0.1) is 5.10 Å². The highest BCUT2D eigenvalue weighted by atomic mass is 35.5. The topological polar surface area (TPSA) is 53.6 Å². The number of halogens is 1. The summed E-state index contributed by atoms with van der Waals surface area (Å²) < 4.78 is 0. The molecule has 0 radical (unpaired) electrons. The number of hydrogen-bond acceptors (Lipinski definition) is 4. The number of rotatable bonds is 4. The van der Waals surface area contributed by atoms with Crippen molar-refractivity contribution in [2.24, 2.45) is 0 Å². The molecule has 1 aromatic heterocycles. The molecule has 0 saturated heterocycles. The van der Waals surface area contributed by atoms with Crippen molar-refractivity contribution in [2.75, 3.05) is 0 Å². The van der Waals surface area contributed by atoms with Crippen LogP contribution in [-0.2, 0) is 6.54 Å². The van der Waals surface area contributed by atoms with Crippen molar-refractivity contribution >= 4 is 23.4 Å². The molecule has 2 aromatic rings. The van der Waals surface area contributed by atoms with Crippen molar-refractivity contribution in [3.8, 4) is 0 Å². The quantitative estimate of drug-likeness (QED) is 0.901. The minimum Gasteiger partial charge on any atom is -0.308 e. The lowest BCUT2D eigenvalue weighted by Crippen LogP contribution is -2.35. The van der Waals surface area contributed by atoms with Crippen LogP contribution in [0.1, 0.15) is 32.2 Å². The SMILES string of the molecule is Cc1nc(Sc2ccc(CNC(C)(C)C)c(Cl)c2)n[nH]1. The molecule has 0 aliphatic heterocycles. The van der Waals surface area contributed by atoms with Gasteiger partial charge in [-0.2, -0.15) is 0 Å². The Labute approximate surface area is 128 Å². The first kappa shape index (κ1) is 15.4. The highest BCUT2D eigenvalue weighted by Crippen LogP contribution is 2.28. The summed E-state index contributed by atoms with van der Waals surface area (Å²) in [7, 11) is 0. The Morgan fingerprint density at radius 3 is 2.65 bits per heavy atom. The van der Waals surface area contributed by atoms with Gasteiger partial charge in [0.2, 0.25) is 5.16 Å². The zero-order valence-electron chi connectivity index (χ0n) is 12.1. The summed E-state index contributed by atoms with van der Waals surface area (Å²) in [6.07, 6.45) is 0. The highest BCUT2D eigenvalue weighted by molar-refractivity contribution is 7.99. The van der Waals surface area contributed by atoms with E-state index in [4.69, 9.17) is 11.6 Å². The van der Waals surface area contributed by atoms with Gasteiger partial charge in [0.05, 0.1) is 0 Å². The van der Waals surface area contributed by atoms with Gasteiger partial charge in [0.1, 0.15) is 5.82 Å². The number of benzene rings is 1. The van der Waals surface area contributed by atoms with Gasteiger partial charge in [-0.3, -0.25) is 5.10 Å². The zero-order valence-corrected chi connectivity index (χ0v) is 13.7. The van der Waals surface area contributed by atoms with Crippen LogP contribution in [-0.4, -0.2) is 20.7 Å². The monoisotopic (exact) mass is 310 g/mol. The van der Waals surface area contributed by atoms with E-state index >= 15 is 0 Å². The standard InChI is InChI=1S/C14H19ClN4S/c1-9-17-13(19-18-9)20-11-6-5-10(12(15)7-11)8-16-14(2,3)4/h5-7,16H,8H2,1-4H3,(H,17,18,19). The third-order valence-electron chi connectivity index (χ3n) is 2.62. The molecule has 6 heteroatoms. The van der Waals surface area contributed by atoms with E-state index in [9.17, 15) is 0 Å². The first-order valence-electron chi connectivity index (χ1n) is 6.44. The maximum absolute atomic E-state index is 6.33. The number of aryl methyl sites for hydroxylation is 1. The van der Waals surface area contributed by atoms with E-state index in [1.807, 2.05) is 25.1 Å². The Morgan fingerprint density at radius 1 is 1.35 bits per heavy atom. The largest absolute Gasteiger partial charge is 0.308 e. The van der Waals surface area contributed by atoms with E-state index in [-0.39, 0.29) is 5.54 Å². The van der Waals surface area contributed by atoms with Gasteiger partial charge in [-0.25, -0.2) is 4.98 Å². The van der Waals surface area contributed by atoms with Crippen molar-refractivity contribution < 1.29 is 0 Å². The fourth-order valence-electron chi connectivity index (χ4n) is 1.57. The molecule has 4 nitrogen and oxygen atoms in total. The van der Waals surface area contributed by atoms with Gasteiger partial charge in [0.25, 0.3) is 0 Å². The molecule has 108 valence electrons. The summed E-state index contributed by atoms with van der Waals surface area (Å²) in [4.78, 5) is 5.30. The van der Waals surface area contributed by atoms with Gasteiger partial charge < -0.3 is 5.32 Å². The Morgan fingerprint density at radius 2 is 2.10 bits per heavy atom. The first-order chi connectivity index (χ1) is 9.33. The van der Waals surface area contributed by atoms with Crippen molar-refractivity contribution in [3.05, 3.63) is 34.6 Å². The van der Waals surface area contributed by atoms with Crippen LogP contribution in [0.4, 0.5) is 0 Å². The van der Waals surface area contributed by atoms with E-state index in [2.05, 4.69) is 41.3 Å². The van der Waals surface area contributed by atoms with Gasteiger partial charge in [-0.1, -0.05) is 17.7 Å². The molecular weight excluding hydrogens is 292 g/mol. The summed E-state index contributed by atoms with van der Waals surface area (Å²) in [6.45, 7) is 9.04. The zero-order chi connectivity index (χ0) is 14.8. The summed E-state index contributed by atoms with van der Waals surface area (Å²) in [5, 5.41) is 11.8. The van der Waals surface area contributed by atoms with Gasteiger partial charge in [-0.05, 0) is 57.2 Å². The molecule has 0 saturated carbocycles. The van der Waals surface area contributed by atoms with Crippen LogP contribution < -0.4 is 5.32 Å². The van der Waals surface area contributed by atoms with Crippen LogP contribution in [0.3, 0.4) is 0 Å². The predicted octanol–water partition coefficient (Wildman–Crippen LogP) is 3.81. The molecule has 0 aliphatic carbocycles. The number of nitrogens with zero attached hydrogens (tertiary/aromatic N) is 2. The molecule has 0 amide bonds. The third kappa shape index (κ3) is 4.51. The number of hydrogen-bond donors (Lipinski definition) is 2. The number of nitrogens with one attached hydrogen (secondary N) is 2. The second kappa shape index (κ2) is 6.16. The van der Waals surface area contributed by atoms with Crippen molar-refractivity contribution in [2.45, 2.75) is 49.8 Å². The van der Waals surface area contributed by atoms with Crippen molar-refractivity contribution in [1.29, 1.82) is 0 Å². The molecule has 2 rings (SSSR count). The van der Waals surface area contributed by atoms with Crippen LogP contribution in [0.5, 0.6) is 0 Å². The molecule has 20 heavy (non-hydrogen) atoms. The Hall–Kier alpha value is -1.04. The van der Waals surface area contributed by atoms with Crippen LogP contribution in [0.15, 0.2) is 28.3 Å². The molecule has 1 heterocycles. The molecule has 0 fully saturated rings. The number of aromatic nitrogens is 3. The minimum absolute atomic E-state index is 0.0766. The van der Waals surface area contributed by atoms with E-state index in [0.29, 0.717) is 5.16 Å². The Balaban J connectivity index is 2.05. The molecule has 2 N–H and O–H groups in total. The highest BCUT2D eigenvalue weighted by Gasteiger charge is 2.11. The van der Waals surface area contributed by atoms with Crippen molar-refractivity contribution in [1.82, 2.24) is 20.5 Å². The Kier molecular flexibility index (Phi) is 4.73. The smallest absolute Gasteiger partial charge is 0.213 e. The van der Waals surface area contributed by atoms with E-state index < -0.39 is 0 Å². The first-order valence-corrected chi connectivity index (χ1v) is 7.63. The molecule has 0 spiro atoms. The fraction of sp³-hybridized carbons (Fsp3) is 0.429. The maximum Gasteiger partial charge on any atom is 0.213 e. The lowest BCUT2D eigenvalue weighted by atomic mass is 10.1. The maximum atomic E-state index is 6.33. The van der Waals surface area contributed by atoms with E-state index in [0.717, 1.165) is 27.9 Å². The molecular formula is C14H19ClN4S. The summed E-state index contributed by atoms with van der Waals surface area (Å²) in [6, 6.07) is 6.04. The fourth-order valence-corrected chi connectivity index (χ4v) is 2.68. The molecule has 0 bridgehead atoms. The van der Waals surface area contributed by atoms with Crippen LogP contribution in [0, 0.1) is 6.92 Å². The lowest BCUT2D eigenvalue weighted by molar-refractivity contribution is 0.424. The van der Waals surface area contributed by atoms with E-state index in [1.165, 1.54) is 11.8 Å². The molecule has 0 unspecified atom stereocenters. The van der Waals surface area contributed by atoms with E-state index in [1.54, 1.807) is 0 Å². The average Bonchev–Trinajstić information content (AvgIpc) is 2.72. The summed E-state index contributed by atoms with van der Waals surface area (Å²) in [5.74, 6) is 0.810. The number of H-pyrrole nitrogens is 1. The van der Waals surface area contributed by atoms with Gasteiger partial charge >= 0.3 is 0 Å². The molecule has 1 aromatic carbocycles. The van der Waals surface area contributed by atoms with Crippen LogP contribution in [0.25, 0.3) is 0 Å². The molecule has 0 aliphatic rings. The second-order valence-electron chi connectivity index (χ2n) is 5.66. The van der Waals surface area contributed by atoms with Gasteiger partial charge in [0, 0.05) is 22.0 Å². The normalized spacial score (nSPS) is 11.8. The van der Waals surface area contributed by atoms with Crippen molar-refractivity contribution in [3.63, 3.8) is 0 Å². The second-order valence-corrected chi connectivity index (χ2v) is 7.11. The molecule has 0 atom stereocenters. The Bertz CT molecular complexity index is 589. The minimum atomic E-state index is 0.0766. The van der Waals surface area contributed by atoms with Gasteiger partial charge in [0.15, 0.2) is 0 Å². The van der Waals surface area contributed by atoms with Crippen LogP contribution >= 0.6 is 23.4 Å². The third-order valence-corrected chi connectivity index (χ3v) is 3.83. The number of aromatic amines is 1. The lowest BCUT2D eigenvalue weighted by Gasteiger charge is -2.21. The summed E-state index contributed by atoms with van der Waals surface area (Å²) >= 11 is 7.82. The summed E-state index contributed by atoms with van der Waals surface area (Å²) in [5.41, 5.74) is 1.17. The van der Waals surface area contributed by atoms with Crippen LogP contribution in [0.2, 0.25) is 5.02 Å².